The molecule has 0 saturated carbocycles. The van der Waals surface area contributed by atoms with Crippen LogP contribution in [0.15, 0.2) is 146 Å². The second-order valence-electron chi connectivity index (χ2n) is 11.0. The summed E-state index contributed by atoms with van der Waals surface area (Å²) in [5.74, 6) is 0. The van der Waals surface area contributed by atoms with Crippen LogP contribution in [0.5, 0.6) is 0 Å². The number of hydrogen-bond acceptors (Lipinski definition) is 2. The van der Waals surface area contributed by atoms with Crippen molar-refractivity contribution in [3.05, 3.63) is 168 Å². The fourth-order valence-electron chi connectivity index (χ4n) is 5.43. The SMILES string of the molecule is c1ccc(CCCC(O[SiH2]c2ccc([SiH2]OC(CCCc3ccccc3)c3ccccc3)cc2)c2ccccc2)cc1. The third-order valence-corrected chi connectivity index (χ3v) is 10.6. The smallest absolute Gasteiger partial charge is 0.193 e. The van der Waals surface area contributed by atoms with Crippen LogP contribution >= 0.6 is 0 Å². The van der Waals surface area contributed by atoms with Crippen molar-refractivity contribution in [1.82, 2.24) is 0 Å². The summed E-state index contributed by atoms with van der Waals surface area (Å²) < 4.78 is 13.3. The van der Waals surface area contributed by atoms with E-state index in [1.165, 1.54) is 32.6 Å². The number of aryl methyl sites for hydroxylation is 2. The molecule has 5 rings (SSSR count). The van der Waals surface area contributed by atoms with Gasteiger partial charge in [0.25, 0.3) is 0 Å². The Morgan fingerprint density at radius 1 is 0.405 bits per heavy atom. The van der Waals surface area contributed by atoms with E-state index in [1.807, 2.05) is 0 Å². The van der Waals surface area contributed by atoms with Gasteiger partial charge in [-0.2, -0.15) is 0 Å². The standard InChI is InChI=1S/C38H42O2Si2/c1-5-15-31(16-6-1)19-13-25-37(33-21-9-3-10-22-33)39-41-35-27-29-36(30-28-35)42-40-38(34-23-11-4-12-24-34)26-14-20-32-17-7-2-8-18-32/h1-12,15-18,21-24,27-30,37-38H,13-14,19-20,25-26,41-42H2. The normalized spacial score (nSPS) is 13.1. The van der Waals surface area contributed by atoms with Crippen molar-refractivity contribution < 1.29 is 8.85 Å². The van der Waals surface area contributed by atoms with Gasteiger partial charge in [0.05, 0.1) is 12.2 Å². The molecule has 5 aromatic carbocycles. The van der Waals surface area contributed by atoms with Crippen LogP contribution in [-0.4, -0.2) is 19.5 Å². The Bertz CT molecular complexity index is 1300. The molecule has 5 aromatic rings. The van der Waals surface area contributed by atoms with Crippen molar-refractivity contribution in [2.24, 2.45) is 0 Å². The molecule has 2 unspecified atom stereocenters. The Hall–Kier alpha value is -3.55. The zero-order chi connectivity index (χ0) is 28.7. The zero-order valence-corrected chi connectivity index (χ0v) is 27.3. The molecule has 0 saturated heterocycles. The van der Waals surface area contributed by atoms with Crippen LogP contribution in [0.1, 0.15) is 60.1 Å². The molecule has 0 aliphatic heterocycles. The molecule has 0 N–H and O–H groups in total. The summed E-state index contributed by atoms with van der Waals surface area (Å²) >= 11 is 0. The molecule has 0 aliphatic carbocycles. The fourth-order valence-corrected chi connectivity index (χ4v) is 7.79. The first-order valence-corrected chi connectivity index (χ1v) is 17.9. The molecule has 0 radical (unpaired) electrons. The Morgan fingerprint density at radius 2 is 0.738 bits per heavy atom. The van der Waals surface area contributed by atoms with E-state index in [9.17, 15) is 0 Å². The van der Waals surface area contributed by atoms with Crippen molar-refractivity contribution in [2.45, 2.75) is 50.7 Å². The number of benzene rings is 5. The van der Waals surface area contributed by atoms with Gasteiger partial charge >= 0.3 is 0 Å². The van der Waals surface area contributed by atoms with Gasteiger partial charge in [0.1, 0.15) is 0 Å². The van der Waals surface area contributed by atoms with Crippen molar-refractivity contribution in [3.63, 3.8) is 0 Å². The van der Waals surface area contributed by atoms with E-state index in [4.69, 9.17) is 8.85 Å². The lowest BCUT2D eigenvalue weighted by atomic mass is 10.0. The lowest BCUT2D eigenvalue weighted by Crippen LogP contribution is -2.25. The molecule has 2 atom stereocenters. The van der Waals surface area contributed by atoms with E-state index in [-0.39, 0.29) is 12.2 Å². The lowest BCUT2D eigenvalue weighted by molar-refractivity contribution is 0.205. The highest BCUT2D eigenvalue weighted by molar-refractivity contribution is 6.49. The summed E-state index contributed by atoms with van der Waals surface area (Å²) in [6.45, 7) is 0. The molecule has 2 nitrogen and oxygen atoms in total. The van der Waals surface area contributed by atoms with E-state index in [0.717, 1.165) is 38.5 Å². The first kappa shape index (κ1) is 29.9. The van der Waals surface area contributed by atoms with Crippen molar-refractivity contribution >= 4 is 29.9 Å². The third kappa shape index (κ3) is 9.78. The third-order valence-electron chi connectivity index (χ3n) is 7.82. The minimum atomic E-state index is -0.843. The van der Waals surface area contributed by atoms with Crippen LogP contribution in [0.3, 0.4) is 0 Å². The molecule has 0 aliphatic rings. The molecule has 0 heterocycles. The topological polar surface area (TPSA) is 18.5 Å². The maximum absolute atomic E-state index is 6.65. The summed E-state index contributed by atoms with van der Waals surface area (Å²) in [7, 11) is -1.69. The van der Waals surface area contributed by atoms with Crippen LogP contribution in [-0.2, 0) is 21.7 Å². The molecule has 0 fully saturated rings. The van der Waals surface area contributed by atoms with Gasteiger partial charge in [-0.1, -0.05) is 146 Å². The van der Waals surface area contributed by atoms with Gasteiger partial charge in [-0.25, -0.2) is 0 Å². The Labute approximate surface area is 256 Å². The van der Waals surface area contributed by atoms with Gasteiger partial charge < -0.3 is 8.85 Å². The Balaban J connectivity index is 1.13. The molecule has 4 heteroatoms. The number of rotatable bonds is 16. The fraction of sp³-hybridized carbons (Fsp3) is 0.211. The van der Waals surface area contributed by atoms with Crippen molar-refractivity contribution in [2.75, 3.05) is 0 Å². The molecule has 0 amide bonds. The number of hydrogen-bond donors (Lipinski definition) is 0. The second kappa shape index (κ2) is 16.8. The first-order valence-electron chi connectivity index (χ1n) is 15.3. The Morgan fingerprint density at radius 3 is 1.10 bits per heavy atom. The monoisotopic (exact) mass is 586 g/mol. The molecule has 0 aromatic heterocycles. The average Bonchev–Trinajstić information content (AvgIpc) is 3.06. The molecule has 0 spiro atoms. The highest BCUT2D eigenvalue weighted by Gasteiger charge is 2.14. The van der Waals surface area contributed by atoms with E-state index in [2.05, 4.69) is 146 Å². The van der Waals surface area contributed by atoms with Gasteiger partial charge in [-0.15, -0.1) is 0 Å². The predicted molar refractivity (Wildman–Crippen MR) is 182 cm³/mol. The van der Waals surface area contributed by atoms with E-state index in [1.54, 1.807) is 0 Å². The van der Waals surface area contributed by atoms with Gasteiger partial charge in [-0.3, -0.25) is 0 Å². The largest absolute Gasteiger partial charge is 0.412 e. The van der Waals surface area contributed by atoms with Crippen LogP contribution < -0.4 is 10.4 Å². The predicted octanol–water partition coefficient (Wildman–Crippen LogP) is 6.67. The minimum Gasteiger partial charge on any atom is -0.412 e. The summed E-state index contributed by atoms with van der Waals surface area (Å²) in [4.78, 5) is 0. The summed E-state index contributed by atoms with van der Waals surface area (Å²) in [5.41, 5.74) is 5.37. The summed E-state index contributed by atoms with van der Waals surface area (Å²) in [6.07, 6.45) is 6.80. The van der Waals surface area contributed by atoms with Gasteiger partial charge in [0.15, 0.2) is 19.5 Å². The molecule has 214 valence electrons. The summed E-state index contributed by atoms with van der Waals surface area (Å²) in [5, 5.41) is 2.69. The lowest BCUT2D eigenvalue weighted by Gasteiger charge is -2.20. The van der Waals surface area contributed by atoms with Crippen LogP contribution in [0.4, 0.5) is 0 Å². The first-order chi connectivity index (χ1) is 20.8. The maximum atomic E-state index is 6.65. The molecule has 0 bridgehead atoms. The quantitative estimate of drug-likeness (QED) is 0.120. The minimum absolute atomic E-state index is 0.154. The van der Waals surface area contributed by atoms with Crippen LogP contribution in [0.25, 0.3) is 0 Å². The van der Waals surface area contributed by atoms with Gasteiger partial charge in [0, 0.05) is 0 Å². The van der Waals surface area contributed by atoms with Crippen molar-refractivity contribution in [3.8, 4) is 0 Å². The van der Waals surface area contributed by atoms with Crippen LogP contribution in [0, 0.1) is 0 Å². The zero-order valence-electron chi connectivity index (χ0n) is 24.5. The van der Waals surface area contributed by atoms with E-state index >= 15 is 0 Å². The van der Waals surface area contributed by atoms with E-state index in [0.29, 0.717) is 0 Å². The molecular formula is C38H42O2Si2. The summed E-state index contributed by atoms with van der Waals surface area (Å²) in [6, 6.07) is 52.1. The van der Waals surface area contributed by atoms with Gasteiger partial charge in [-0.05, 0) is 71.2 Å². The van der Waals surface area contributed by atoms with Crippen LogP contribution in [0.2, 0.25) is 0 Å². The van der Waals surface area contributed by atoms with E-state index < -0.39 is 19.5 Å². The highest BCUT2D eigenvalue weighted by Crippen LogP contribution is 2.24. The molecular weight excluding hydrogens is 545 g/mol. The average molecular weight is 587 g/mol. The second-order valence-corrected chi connectivity index (χ2v) is 13.9. The Kier molecular flexibility index (Phi) is 12.0. The van der Waals surface area contributed by atoms with Gasteiger partial charge in [0.2, 0.25) is 0 Å². The molecule has 42 heavy (non-hydrogen) atoms. The highest BCUT2D eigenvalue weighted by atomic mass is 28.2. The maximum Gasteiger partial charge on any atom is 0.193 e. The van der Waals surface area contributed by atoms with Crippen molar-refractivity contribution in [1.29, 1.82) is 0 Å².